The minimum Gasteiger partial charge on any atom is -0.328 e. The summed E-state index contributed by atoms with van der Waals surface area (Å²) in [5.74, 6) is 0. The maximum Gasteiger partial charge on any atom is 0.0922 e. The molecule has 0 unspecified atom stereocenters. The van der Waals surface area contributed by atoms with Crippen LogP contribution in [0.25, 0.3) is 0 Å². The summed E-state index contributed by atoms with van der Waals surface area (Å²) in [6, 6.07) is 0.333. The van der Waals surface area contributed by atoms with Gasteiger partial charge in [0.2, 0.25) is 0 Å². The lowest BCUT2D eigenvalue weighted by molar-refractivity contribution is 0.834. The van der Waals surface area contributed by atoms with E-state index in [1.165, 1.54) is 5.01 Å². The van der Waals surface area contributed by atoms with E-state index in [2.05, 4.69) is 11.9 Å². The minimum absolute atomic E-state index is 0.333. The highest BCUT2D eigenvalue weighted by atomic mass is 32.1. The molecule has 78 valence electrons. The third-order valence-electron chi connectivity index (χ3n) is 0.786. The Morgan fingerprint density at radius 1 is 1.46 bits per heavy atom. The summed E-state index contributed by atoms with van der Waals surface area (Å²) in [5.41, 5.74) is 5.11. The zero-order valence-electron chi connectivity index (χ0n) is 9.37. The fourth-order valence-corrected chi connectivity index (χ4v) is 0.995. The van der Waals surface area contributed by atoms with Crippen LogP contribution in [-0.4, -0.2) is 11.0 Å². The van der Waals surface area contributed by atoms with Gasteiger partial charge in [-0.05, 0) is 12.5 Å². The summed E-state index contributed by atoms with van der Waals surface area (Å²) in [4.78, 5) is 4.05. The molecule has 1 aromatic rings. The summed E-state index contributed by atoms with van der Waals surface area (Å²) >= 11 is 1.71. The van der Waals surface area contributed by atoms with Crippen molar-refractivity contribution in [3.63, 3.8) is 0 Å². The van der Waals surface area contributed by atoms with Gasteiger partial charge in [0.25, 0.3) is 0 Å². The van der Waals surface area contributed by atoms with Gasteiger partial charge in [-0.25, -0.2) is 4.98 Å². The fourth-order valence-electron chi connectivity index (χ4n) is 0.428. The van der Waals surface area contributed by atoms with Gasteiger partial charge < -0.3 is 5.73 Å². The SMILES string of the molecule is CC.CC(C)N.CCc1nccs1. The molecular formula is C10H22N2S. The molecule has 1 heterocycles. The normalized spacial score (nSPS) is 8.23. The predicted molar refractivity (Wildman–Crippen MR) is 62.2 cm³/mol. The van der Waals surface area contributed by atoms with E-state index in [0.717, 1.165) is 6.42 Å². The van der Waals surface area contributed by atoms with Gasteiger partial charge in [0.05, 0.1) is 5.01 Å². The number of nitrogens with zero attached hydrogens (tertiary/aromatic N) is 1. The maximum atomic E-state index is 5.11. The fraction of sp³-hybridized carbons (Fsp3) is 0.700. The Balaban J connectivity index is 0. The summed E-state index contributed by atoms with van der Waals surface area (Å²) in [6.07, 6.45) is 2.90. The number of nitrogens with two attached hydrogens (primary N) is 1. The predicted octanol–water partition coefficient (Wildman–Crippen LogP) is 3.09. The Labute approximate surface area is 86.2 Å². The second kappa shape index (κ2) is 11.6. The van der Waals surface area contributed by atoms with Crippen molar-refractivity contribution >= 4 is 11.3 Å². The molecule has 0 radical (unpaired) electrons. The monoisotopic (exact) mass is 202 g/mol. The van der Waals surface area contributed by atoms with Gasteiger partial charge in [0, 0.05) is 11.6 Å². The van der Waals surface area contributed by atoms with E-state index in [1.54, 1.807) is 11.3 Å². The van der Waals surface area contributed by atoms with Gasteiger partial charge in [0.15, 0.2) is 0 Å². The number of hydrogen-bond donors (Lipinski definition) is 1. The van der Waals surface area contributed by atoms with Crippen molar-refractivity contribution in [1.29, 1.82) is 0 Å². The zero-order valence-corrected chi connectivity index (χ0v) is 10.2. The summed E-state index contributed by atoms with van der Waals surface area (Å²) in [7, 11) is 0. The molecule has 0 atom stereocenters. The molecule has 0 spiro atoms. The van der Waals surface area contributed by atoms with E-state index in [0.29, 0.717) is 6.04 Å². The van der Waals surface area contributed by atoms with Gasteiger partial charge in [-0.1, -0.05) is 34.6 Å². The molecule has 2 N–H and O–H groups in total. The van der Waals surface area contributed by atoms with Gasteiger partial charge in [-0.3, -0.25) is 0 Å². The van der Waals surface area contributed by atoms with E-state index < -0.39 is 0 Å². The number of rotatable bonds is 1. The van der Waals surface area contributed by atoms with Gasteiger partial charge in [-0.2, -0.15) is 0 Å². The van der Waals surface area contributed by atoms with Crippen LogP contribution in [-0.2, 0) is 6.42 Å². The molecule has 1 rings (SSSR count). The quantitative estimate of drug-likeness (QED) is 0.760. The van der Waals surface area contributed by atoms with E-state index in [-0.39, 0.29) is 0 Å². The van der Waals surface area contributed by atoms with Crippen LogP contribution in [0.2, 0.25) is 0 Å². The molecule has 0 aliphatic carbocycles. The number of thiazole rings is 1. The van der Waals surface area contributed by atoms with Crippen LogP contribution in [0.4, 0.5) is 0 Å². The number of hydrogen-bond acceptors (Lipinski definition) is 3. The van der Waals surface area contributed by atoms with Gasteiger partial charge in [0.1, 0.15) is 0 Å². The van der Waals surface area contributed by atoms with Gasteiger partial charge >= 0.3 is 0 Å². The average molecular weight is 202 g/mol. The molecule has 0 aliphatic heterocycles. The molecule has 0 amide bonds. The van der Waals surface area contributed by atoms with E-state index in [4.69, 9.17) is 5.73 Å². The lowest BCUT2D eigenvalue weighted by Gasteiger charge is -1.81. The zero-order chi connectivity index (χ0) is 10.7. The van der Waals surface area contributed by atoms with Crippen molar-refractivity contribution in [2.24, 2.45) is 5.73 Å². The molecule has 0 fully saturated rings. The maximum absolute atomic E-state index is 5.11. The molecule has 0 aromatic carbocycles. The molecule has 0 saturated carbocycles. The van der Waals surface area contributed by atoms with Gasteiger partial charge in [-0.15, -0.1) is 11.3 Å². The average Bonchev–Trinajstić information content (AvgIpc) is 2.58. The van der Waals surface area contributed by atoms with Crippen molar-refractivity contribution < 1.29 is 0 Å². The number of aryl methyl sites for hydroxylation is 1. The van der Waals surface area contributed by atoms with Crippen LogP contribution in [0.3, 0.4) is 0 Å². The Morgan fingerprint density at radius 3 is 2.08 bits per heavy atom. The van der Waals surface area contributed by atoms with Crippen molar-refractivity contribution in [3.05, 3.63) is 16.6 Å². The van der Waals surface area contributed by atoms with Crippen LogP contribution in [0.1, 0.15) is 39.6 Å². The molecule has 13 heavy (non-hydrogen) atoms. The molecule has 2 nitrogen and oxygen atoms in total. The topological polar surface area (TPSA) is 38.9 Å². The smallest absolute Gasteiger partial charge is 0.0922 e. The van der Waals surface area contributed by atoms with E-state index in [9.17, 15) is 0 Å². The summed E-state index contributed by atoms with van der Waals surface area (Å²) in [6.45, 7) is 10.00. The first-order chi connectivity index (χ1) is 6.16. The molecule has 1 aromatic heterocycles. The van der Waals surface area contributed by atoms with Crippen LogP contribution < -0.4 is 5.73 Å². The third-order valence-corrected chi connectivity index (χ3v) is 1.71. The standard InChI is InChI=1S/C5H7NS.C3H9N.C2H6/c1-2-5-6-3-4-7-5;1-3(2)4;1-2/h3-4H,2H2,1H3;3H,4H2,1-2H3;1-2H3. The first-order valence-electron chi connectivity index (χ1n) is 4.80. The highest BCUT2D eigenvalue weighted by Crippen LogP contribution is 2.02. The molecule has 0 aliphatic rings. The summed E-state index contributed by atoms with van der Waals surface area (Å²) < 4.78 is 0. The third kappa shape index (κ3) is 14.4. The molecule has 0 saturated heterocycles. The number of aromatic nitrogens is 1. The Bertz CT molecular complexity index is 157. The van der Waals surface area contributed by atoms with Crippen LogP contribution >= 0.6 is 11.3 Å². The molecule has 3 heteroatoms. The van der Waals surface area contributed by atoms with E-state index >= 15 is 0 Å². The Morgan fingerprint density at radius 2 is 1.92 bits per heavy atom. The largest absolute Gasteiger partial charge is 0.328 e. The first-order valence-corrected chi connectivity index (χ1v) is 5.68. The Hall–Kier alpha value is -0.410. The highest BCUT2D eigenvalue weighted by molar-refractivity contribution is 7.09. The van der Waals surface area contributed by atoms with Crippen molar-refractivity contribution in [2.75, 3.05) is 0 Å². The second-order valence-corrected chi connectivity index (χ2v) is 3.50. The van der Waals surface area contributed by atoms with E-state index in [1.807, 2.05) is 39.3 Å². The highest BCUT2D eigenvalue weighted by Gasteiger charge is 1.84. The lowest BCUT2D eigenvalue weighted by Crippen LogP contribution is -2.06. The van der Waals surface area contributed by atoms with Crippen LogP contribution in [0.5, 0.6) is 0 Å². The summed E-state index contributed by atoms with van der Waals surface area (Å²) in [5, 5.41) is 3.22. The van der Waals surface area contributed by atoms with Crippen LogP contribution in [0.15, 0.2) is 11.6 Å². The first kappa shape index (κ1) is 15.1. The van der Waals surface area contributed by atoms with Crippen LogP contribution in [0, 0.1) is 0 Å². The van der Waals surface area contributed by atoms with Crippen molar-refractivity contribution in [3.8, 4) is 0 Å². The molecular weight excluding hydrogens is 180 g/mol. The minimum atomic E-state index is 0.333. The Kier molecular flexibility index (Phi) is 13.4. The second-order valence-electron chi connectivity index (χ2n) is 2.52. The molecule has 0 bridgehead atoms. The lowest BCUT2D eigenvalue weighted by atomic mass is 10.5. The van der Waals surface area contributed by atoms with Crippen molar-refractivity contribution in [2.45, 2.75) is 47.1 Å². The van der Waals surface area contributed by atoms with Crippen molar-refractivity contribution in [1.82, 2.24) is 4.98 Å².